The fourth-order valence-corrected chi connectivity index (χ4v) is 4.85. The standard InChI is InChI=1S/C24H25IN2O3/c25-22(30-24(29)27(17-28)13-10-18-6-2-1-3-7-18)16-19-14-20-8-4-11-26-12-5-9-21(15-19)23(20)26/h1-3,6-7,14-17H,4-5,8-13H2/b22-16+. The number of amides is 2. The maximum absolute atomic E-state index is 12.4. The van der Waals surface area contributed by atoms with Crippen LogP contribution in [0.25, 0.3) is 6.08 Å². The first-order valence-electron chi connectivity index (χ1n) is 10.4. The zero-order valence-corrected chi connectivity index (χ0v) is 19.0. The Kier molecular flexibility index (Phi) is 6.72. The zero-order valence-electron chi connectivity index (χ0n) is 16.9. The molecule has 30 heavy (non-hydrogen) atoms. The molecular formula is C24H25IN2O3. The maximum atomic E-state index is 12.4. The number of nitrogens with zero attached hydrogens (tertiary/aromatic N) is 2. The van der Waals surface area contributed by atoms with Gasteiger partial charge in [-0.25, -0.2) is 9.69 Å². The van der Waals surface area contributed by atoms with E-state index in [4.69, 9.17) is 4.74 Å². The minimum absolute atomic E-state index is 0.287. The van der Waals surface area contributed by atoms with Gasteiger partial charge in [-0.05, 0) is 95.2 Å². The number of aryl methyl sites for hydroxylation is 2. The quantitative estimate of drug-likeness (QED) is 0.310. The van der Waals surface area contributed by atoms with Crippen LogP contribution < -0.4 is 4.90 Å². The normalized spacial score (nSPS) is 15.4. The summed E-state index contributed by atoms with van der Waals surface area (Å²) in [6.07, 6.45) is 6.91. The number of hydrogen-bond acceptors (Lipinski definition) is 4. The Balaban J connectivity index is 1.43. The van der Waals surface area contributed by atoms with Gasteiger partial charge >= 0.3 is 6.09 Å². The number of rotatable bonds is 6. The van der Waals surface area contributed by atoms with Crippen LogP contribution >= 0.6 is 22.6 Å². The van der Waals surface area contributed by atoms with Crippen LogP contribution in [0.4, 0.5) is 10.5 Å². The van der Waals surface area contributed by atoms with E-state index in [9.17, 15) is 9.59 Å². The predicted molar refractivity (Wildman–Crippen MR) is 127 cm³/mol. The Labute approximate surface area is 190 Å². The van der Waals surface area contributed by atoms with Crippen LogP contribution in [-0.4, -0.2) is 37.0 Å². The van der Waals surface area contributed by atoms with E-state index in [-0.39, 0.29) is 6.54 Å². The first-order valence-corrected chi connectivity index (χ1v) is 11.5. The highest BCUT2D eigenvalue weighted by molar-refractivity contribution is 14.1. The Morgan fingerprint density at radius 1 is 1.10 bits per heavy atom. The number of halogens is 1. The average molecular weight is 516 g/mol. The number of carbonyl (C=O) groups is 2. The third-order valence-electron chi connectivity index (χ3n) is 5.67. The molecule has 0 N–H and O–H groups in total. The minimum Gasteiger partial charge on any atom is -0.403 e. The van der Waals surface area contributed by atoms with Crippen LogP contribution in [0.1, 0.15) is 35.1 Å². The van der Waals surface area contributed by atoms with E-state index < -0.39 is 6.09 Å². The topological polar surface area (TPSA) is 49.9 Å². The number of carbonyl (C=O) groups excluding carboxylic acids is 2. The van der Waals surface area contributed by atoms with Gasteiger partial charge < -0.3 is 9.64 Å². The summed E-state index contributed by atoms with van der Waals surface area (Å²) in [5.74, 6) is 0. The van der Waals surface area contributed by atoms with Gasteiger partial charge in [-0.1, -0.05) is 30.3 Å². The SMILES string of the molecule is O=CN(CCc1ccccc1)C(=O)O/C(I)=C/c1cc2c3c(c1)CCCN3CCC2. The third-order valence-corrected chi connectivity index (χ3v) is 6.20. The monoisotopic (exact) mass is 516 g/mol. The number of imide groups is 1. The molecule has 0 fully saturated rings. The number of hydrogen-bond donors (Lipinski definition) is 0. The van der Waals surface area contributed by atoms with Gasteiger partial charge in [0.05, 0.1) is 0 Å². The molecule has 2 aromatic rings. The van der Waals surface area contributed by atoms with Crippen molar-refractivity contribution in [2.45, 2.75) is 32.1 Å². The number of anilines is 1. The molecule has 6 heteroatoms. The van der Waals surface area contributed by atoms with Crippen molar-refractivity contribution >= 4 is 46.9 Å². The van der Waals surface area contributed by atoms with Crippen molar-refractivity contribution in [2.24, 2.45) is 0 Å². The van der Waals surface area contributed by atoms with Crippen LogP contribution in [0.5, 0.6) is 0 Å². The van der Waals surface area contributed by atoms with Crippen LogP contribution in [0, 0.1) is 0 Å². The second-order valence-electron chi connectivity index (χ2n) is 7.73. The first-order chi connectivity index (χ1) is 14.6. The van der Waals surface area contributed by atoms with Crippen molar-refractivity contribution in [3.8, 4) is 0 Å². The summed E-state index contributed by atoms with van der Waals surface area (Å²) in [7, 11) is 0. The molecule has 0 bridgehead atoms. The second kappa shape index (κ2) is 9.64. The summed E-state index contributed by atoms with van der Waals surface area (Å²) < 4.78 is 5.90. The van der Waals surface area contributed by atoms with E-state index in [1.54, 1.807) is 0 Å². The van der Waals surface area contributed by atoms with Crippen molar-refractivity contribution in [1.82, 2.24) is 4.90 Å². The summed E-state index contributed by atoms with van der Waals surface area (Å²) in [5, 5.41) is 0. The van der Waals surface area contributed by atoms with E-state index >= 15 is 0 Å². The van der Waals surface area contributed by atoms with Gasteiger partial charge in [0.25, 0.3) is 0 Å². The molecule has 156 valence electrons. The van der Waals surface area contributed by atoms with Gasteiger partial charge in [0.1, 0.15) is 0 Å². The molecule has 0 saturated carbocycles. The summed E-state index contributed by atoms with van der Waals surface area (Å²) in [5.41, 5.74) is 6.31. The molecule has 2 aromatic carbocycles. The lowest BCUT2D eigenvalue weighted by molar-refractivity contribution is -0.116. The Morgan fingerprint density at radius 2 is 1.77 bits per heavy atom. The fraction of sp³-hybridized carbons (Fsp3) is 0.333. The highest BCUT2D eigenvalue weighted by Crippen LogP contribution is 2.36. The summed E-state index contributed by atoms with van der Waals surface area (Å²) in [6.45, 7) is 2.58. The van der Waals surface area contributed by atoms with E-state index in [0.29, 0.717) is 16.6 Å². The van der Waals surface area contributed by atoms with Crippen molar-refractivity contribution in [3.63, 3.8) is 0 Å². The highest BCUT2D eigenvalue weighted by atomic mass is 127. The Bertz CT molecular complexity index is 927. The lowest BCUT2D eigenvalue weighted by Crippen LogP contribution is -2.34. The van der Waals surface area contributed by atoms with Crippen LogP contribution in [-0.2, 0) is 28.8 Å². The first kappa shape index (κ1) is 20.9. The average Bonchev–Trinajstić information content (AvgIpc) is 2.75. The molecule has 0 radical (unpaired) electrons. The van der Waals surface area contributed by atoms with Gasteiger partial charge in [0.15, 0.2) is 3.77 Å². The molecular weight excluding hydrogens is 491 g/mol. The van der Waals surface area contributed by atoms with Gasteiger partial charge in [-0.15, -0.1) is 0 Å². The molecule has 2 aliphatic rings. The number of benzene rings is 2. The van der Waals surface area contributed by atoms with Crippen LogP contribution in [0.3, 0.4) is 0 Å². The van der Waals surface area contributed by atoms with Crippen LogP contribution in [0.2, 0.25) is 0 Å². The van der Waals surface area contributed by atoms with Crippen molar-refractivity contribution in [2.75, 3.05) is 24.5 Å². The molecule has 4 rings (SSSR count). The molecule has 0 aliphatic carbocycles. The third kappa shape index (κ3) is 4.86. The molecule has 0 saturated heterocycles. The zero-order chi connectivity index (χ0) is 20.9. The molecule has 2 amide bonds. The largest absolute Gasteiger partial charge is 0.422 e. The van der Waals surface area contributed by atoms with E-state index in [2.05, 4.69) is 17.0 Å². The summed E-state index contributed by atoms with van der Waals surface area (Å²) in [6, 6.07) is 14.2. The van der Waals surface area contributed by atoms with E-state index in [1.165, 1.54) is 29.7 Å². The van der Waals surface area contributed by atoms with E-state index in [1.807, 2.05) is 59.0 Å². The van der Waals surface area contributed by atoms with Crippen molar-refractivity contribution in [3.05, 3.63) is 68.5 Å². The van der Waals surface area contributed by atoms with Crippen molar-refractivity contribution in [1.29, 1.82) is 0 Å². The molecule has 2 aliphatic heterocycles. The highest BCUT2D eigenvalue weighted by Gasteiger charge is 2.24. The molecule has 0 unspecified atom stereocenters. The Morgan fingerprint density at radius 3 is 2.40 bits per heavy atom. The Hall–Kier alpha value is -2.35. The van der Waals surface area contributed by atoms with Gasteiger partial charge in [-0.3, -0.25) is 4.79 Å². The van der Waals surface area contributed by atoms with Gasteiger partial charge in [-0.2, -0.15) is 0 Å². The lowest BCUT2D eigenvalue weighted by Gasteiger charge is -2.37. The molecule has 0 aromatic heterocycles. The summed E-state index contributed by atoms with van der Waals surface area (Å²) in [4.78, 5) is 27.4. The number of ether oxygens (including phenoxy) is 1. The van der Waals surface area contributed by atoms with Crippen LogP contribution in [0.15, 0.2) is 46.2 Å². The van der Waals surface area contributed by atoms with Gasteiger partial charge in [0.2, 0.25) is 6.41 Å². The van der Waals surface area contributed by atoms with Gasteiger partial charge in [0, 0.05) is 25.3 Å². The van der Waals surface area contributed by atoms with E-state index in [0.717, 1.165) is 42.0 Å². The predicted octanol–water partition coefficient (Wildman–Crippen LogP) is 4.96. The molecule has 2 heterocycles. The second-order valence-corrected chi connectivity index (χ2v) is 8.80. The molecule has 0 atom stereocenters. The molecule has 0 spiro atoms. The molecule has 5 nitrogen and oxygen atoms in total. The fourth-order valence-electron chi connectivity index (χ4n) is 4.30. The lowest BCUT2D eigenvalue weighted by atomic mass is 9.90. The maximum Gasteiger partial charge on any atom is 0.422 e. The minimum atomic E-state index is -0.646. The summed E-state index contributed by atoms with van der Waals surface area (Å²) >= 11 is 2.01. The smallest absolute Gasteiger partial charge is 0.403 e. The van der Waals surface area contributed by atoms with Crippen molar-refractivity contribution < 1.29 is 14.3 Å².